The second-order valence-corrected chi connectivity index (χ2v) is 2.88. The molecule has 0 fully saturated rings. The number of rotatable bonds is 0. The maximum absolute atomic E-state index is 2.25. The summed E-state index contributed by atoms with van der Waals surface area (Å²) in [7, 11) is 0. The minimum Gasteiger partial charge on any atom is -0.344 e. The van der Waals surface area contributed by atoms with Gasteiger partial charge < -0.3 is 4.90 Å². The van der Waals surface area contributed by atoms with Crippen LogP contribution in [0.15, 0.2) is 47.9 Å². The average molecular weight is 145 g/mol. The lowest BCUT2D eigenvalue weighted by atomic mass is 10.1. The summed E-state index contributed by atoms with van der Waals surface area (Å²) < 4.78 is 0. The topological polar surface area (TPSA) is 3.24 Å². The van der Waals surface area contributed by atoms with E-state index >= 15 is 0 Å². The van der Waals surface area contributed by atoms with Crippen LogP contribution in [0.5, 0.6) is 0 Å². The highest BCUT2D eigenvalue weighted by atomic mass is 15.1. The van der Waals surface area contributed by atoms with Gasteiger partial charge in [-0.15, -0.1) is 0 Å². The number of nitrogens with zero attached hydrogens (tertiary/aromatic N) is 1. The highest BCUT2D eigenvalue weighted by molar-refractivity contribution is 5.37. The van der Waals surface area contributed by atoms with Crippen molar-refractivity contribution in [2.45, 2.75) is 6.92 Å². The minimum atomic E-state index is 1.01. The lowest BCUT2D eigenvalue weighted by molar-refractivity contribution is 0.519. The fourth-order valence-corrected chi connectivity index (χ4v) is 1.33. The Kier molecular flexibility index (Phi) is 1.42. The molecule has 0 aromatic heterocycles. The predicted molar refractivity (Wildman–Crippen MR) is 46.8 cm³/mol. The molecule has 0 unspecified atom stereocenters. The smallest absolute Gasteiger partial charge is 0.0409 e. The zero-order valence-electron chi connectivity index (χ0n) is 6.62. The van der Waals surface area contributed by atoms with Gasteiger partial charge in [0.15, 0.2) is 0 Å². The minimum absolute atomic E-state index is 1.01. The third-order valence-corrected chi connectivity index (χ3v) is 1.91. The van der Waals surface area contributed by atoms with E-state index in [1.54, 1.807) is 0 Å². The average Bonchev–Trinajstić information content (AvgIpc) is 2.04. The molecule has 0 aromatic rings. The molecule has 2 aliphatic rings. The van der Waals surface area contributed by atoms with Crippen LogP contribution in [-0.2, 0) is 0 Å². The molecule has 0 atom stereocenters. The summed E-state index contributed by atoms with van der Waals surface area (Å²) in [5.74, 6) is 0. The van der Waals surface area contributed by atoms with E-state index in [9.17, 15) is 0 Å². The highest BCUT2D eigenvalue weighted by Crippen LogP contribution is 2.18. The van der Waals surface area contributed by atoms with Crippen LogP contribution in [0.1, 0.15) is 6.92 Å². The van der Waals surface area contributed by atoms with Crippen molar-refractivity contribution in [2.75, 3.05) is 6.54 Å². The van der Waals surface area contributed by atoms with Crippen molar-refractivity contribution in [2.24, 2.45) is 0 Å². The van der Waals surface area contributed by atoms with Crippen LogP contribution >= 0.6 is 0 Å². The first kappa shape index (κ1) is 6.47. The van der Waals surface area contributed by atoms with Crippen LogP contribution in [-0.4, -0.2) is 11.4 Å². The molecule has 2 heterocycles. The Bertz CT molecular complexity index is 279. The summed E-state index contributed by atoms with van der Waals surface area (Å²) in [5.41, 5.74) is 2.61. The van der Waals surface area contributed by atoms with Crippen molar-refractivity contribution < 1.29 is 0 Å². The first-order valence-electron chi connectivity index (χ1n) is 3.86. The van der Waals surface area contributed by atoms with E-state index in [1.165, 1.54) is 11.3 Å². The second kappa shape index (κ2) is 2.42. The van der Waals surface area contributed by atoms with E-state index < -0.39 is 0 Å². The number of allylic oxidation sites excluding steroid dienone is 5. The summed E-state index contributed by atoms with van der Waals surface area (Å²) in [4.78, 5) is 2.25. The molecule has 2 aliphatic heterocycles. The molecule has 0 N–H and O–H groups in total. The quantitative estimate of drug-likeness (QED) is 0.505. The Morgan fingerprint density at radius 2 is 2.27 bits per heavy atom. The fraction of sp³-hybridized carbons (Fsp3) is 0.200. The van der Waals surface area contributed by atoms with Crippen LogP contribution in [0.25, 0.3) is 0 Å². The van der Waals surface area contributed by atoms with Crippen LogP contribution < -0.4 is 0 Å². The largest absolute Gasteiger partial charge is 0.344 e. The van der Waals surface area contributed by atoms with Gasteiger partial charge in [0.05, 0.1) is 0 Å². The monoisotopic (exact) mass is 145 g/mol. The standard InChI is InChI=1S/C10H11N/c1-9-5-6-10-4-2-3-7-11(10)8-9/h2-6,8H,7H2,1H3. The normalized spacial score (nSPS) is 21.0. The molecule has 0 saturated carbocycles. The molecule has 0 spiro atoms. The van der Waals surface area contributed by atoms with Gasteiger partial charge in [0, 0.05) is 18.4 Å². The van der Waals surface area contributed by atoms with Crippen LogP contribution in [0, 0.1) is 0 Å². The van der Waals surface area contributed by atoms with Crippen molar-refractivity contribution in [3.05, 3.63) is 47.9 Å². The lowest BCUT2D eigenvalue weighted by Gasteiger charge is -2.25. The van der Waals surface area contributed by atoms with Crippen LogP contribution in [0.3, 0.4) is 0 Å². The van der Waals surface area contributed by atoms with Gasteiger partial charge in [-0.3, -0.25) is 0 Å². The summed E-state index contributed by atoms with van der Waals surface area (Å²) in [6.07, 6.45) is 12.9. The molecule has 11 heavy (non-hydrogen) atoms. The first-order chi connectivity index (χ1) is 5.36. The molecular formula is C10H11N. The van der Waals surface area contributed by atoms with Crippen molar-refractivity contribution in [3.63, 3.8) is 0 Å². The molecule has 0 bridgehead atoms. The molecule has 0 radical (unpaired) electrons. The lowest BCUT2D eigenvalue weighted by Crippen LogP contribution is -2.19. The second-order valence-electron chi connectivity index (χ2n) is 2.88. The molecule has 1 nitrogen and oxygen atoms in total. The summed E-state index contributed by atoms with van der Waals surface area (Å²) in [5, 5.41) is 0. The van der Waals surface area contributed by atoms with Crippen LogP contribution in [0.2, 0.25) is 0 Å². The Morgan fingerprint density at radius 1 is 1.36 bits per heavy atom. The fourth-order valence-electron chi connectivity index (χ4n) is 1.33. The van der Waals surface area contributed by atoms with Gasteiger partial charge in [-0.2, -0.15) is 0 Å². The number of fused-ring (bicyclic) bond motifs is 1. The SMILES string of the molecule is CC1=CN2CC=CC=C2C=C1. The zero-order chi connectivity index (χ0) is 7.68. The van der Waals surface area contributed by atoms with Gasteiger partial charge in [-0.05, 0) is 24.6 Å². The first-order valence-corrected chi connectivity index (χ1v) is 3.86. The summed E-state index contributed by atoms with van der Waals surface area (Å²) in [6, 6.07) is 0. The number of hydrogen-bond acceptors (Lipinski definition) is 1. The predicted octanol–water partition coefficient (Wildman–Crippen LogP) is 2.22. The van der Waals surface area contributed by atoms with Gasteiger partial charge in [0.1, 0.15) is 0 Å². The van der Waals surface area contributed by atoms with Gasteiger partial charge in [-0.1, -0.05) is 18.2 Å². The van der Waals surface area contributed by atoms with Crippen molar-refractivity contribution >= 4 is 0 Å². The molecule has 2 rings (SSSR count). The van der Waals surface area contributed by atoms with Crippen molar-refractivity contribution in [1.29, 1.82) is 0 Å². The third-order valence-electron chi connectivity index (χ3n) is 1.91. The third kappa shape index (κ3) is 1.14. The number of hydrogen-bond donors (Lipinski definition) is 0. The summed E-state index contributed by atoms with van der Waals surface area (Å²) in [6.45, 7) is 3.12. The maximum Gasteiger partial charge on any atom is 0.0409 e. The van der Waals surface area contributed by atoms with Crippen LogP contribution in [0.4, 0.5) is 0 Å². The summed E-state index contributed by atoms with van der Waals surface area (Å²) >= 11 is 0. The van der Waals surface area contributed by atoms with E-state index in [0.717, 1.165) is 6.54 Å². The van der Waals surface area contributed by atoms with E-state index in [1.807, 2.05) is 0 Å². The maximum atomic E-state index is 2.25. The zero-order valence-corrected chi connectivity index (χ0v) is 6.62. The Labute approximate surface area is 67.0 Å². The molecule has 0 aromatic carbocycles. The van der Waals surface area contributed by atoms with E-state index in [4.69, 9.17) is 0 Å². The van der Waals surface area contributed by atoms with Gasteiger partial charge in [0.25, 0.3) is 0 Å². The Hall–Kier alpha value is -1.24. The molecule has 0 amide bonds. The van der Waals surface area contributed by atoms with E-state index in [-0.39, 0.29) is 0 Å². The van der Waals surface area contributed by atoms with Gasteiger partial charge in [0.2, 0.25) is 0 Å². The molecule has 0 aliphatic carbocycles. The van der Waals surface area contributed by atoms with Crippen molar-refractivity contribution in [3.8, 4) is 0 Å². The van der Waals surface area contributed by atoms with E-state index in [0.29, 0.717) is 0 Å². The molecular weight excluding hydrogens is 134 g/mol. The molecule has 0 saturated heterocycles. The molecule has 1 heteroatoms. The van der Waals surface area contributed by atoms with Gasteiger partial charge in [-0.25, -0.2) is 0 Å². The highest BCUT2D eigenvalue weighted by Gasteiger charge is 2.07. The Balaban J connectivity index is 2.33. The van der Waals surface area contributed by atoms with E-state index in [2.05, 4.69) is 48.4 Å². The van der Waals surface area contributed by atoms with Crippen molar-refractivity contribution in [1.82, 2.24) is 4.90 Å². The molecule has 56 valence electrons. The Morgan fingerprint density at radius 3 is 3.18 bits per heavy atom. The van der Waals surface area contributed by atoms with Gasteiger partial charge >= 0.3 is 0 Å².